The third-order valence-electron chi connectivity index (χ3n) is 5.55. The number of carbonyl (C=O) groups excluding carboxylic acids is 2. The summed E-state index contributed by atoms with van der Waals surface area (Å²) in [6.45, 7) is 7.97. The highest BCUT2D eigenvalue weighted by Gasteiger charge is 2.19. The number of methoxy groups -OCH3 is 2. The van der Waals surface area contributed by atoms with E-state index in [9.17, 15) is 9.59 Å². The molecule has 9 nitrogen and oxygen atoms in total. The van der Waals surface area contributed by atoms with E-state index in [0.717, 1.165) is 28.1 Å². The average Bonchev–Trinajstić information content (AvgIpc) is 3.25. The van der Waals surface area contributed by atoms with Gasteiger partial charge in [-0.3, -0.25) is 20.0 Å². The lowest BCUT2D eigenvalue weighted by Gasteiger charge is -2.20. The molecule has 0 aliphatic carbocycles. The molecule has 0 unspecified atom stereocenters. The number of rotatable bonds is 7. The van der Waals surface area contributed by atoms with Crippen LogP contribution in [0.25, 0.3) is 5.69 Å². The molecule has 3 rings (SSSR count). The van der Waals surface area contributed by atoms with E-state index in [2.05, 4.69) is 29.2 Å². The highest BCUT2D eigenvalue weighted by molar-refractivity contribution is 5.94. The maximum absolute atomic E-state index is 12.9. The molecule has 3 aromatic rings. The third-order valence-corrected chi connectivity index (χ3v) is 5.55. The molecule has 0 spiro atoms. The molecule has 0 aliphatic rings. The van der Waals surface area contributed by atoms with Crippen LogP contribution < -0.4 is 14.9 Å². The lowest BCUT2D eigenvalue weighted by atomic mass is 9.95. The van der Waals surface area contributed by atoms with E-state index in [1.165, 1.54) is 19.2 Å². The summed E-state index contributed by atoms with van der Waals surface area (Å²) in [5.74, 6) is 0.552. The lowest BCUT2D eigenvalue weighted by Crippen LogP contribution is -2.44. The van der Waals surface area contributed by atoms with E-state index in [1.54, 1.807) is 30.1 Å². The van der Waals surface area contributed by atoms with Crippen LogP contribution in [0, 0.1) is 13.8 Å². The minimum atomic E-state index is -0.517. The van der Waals surface area contributed by atoms with Gasteiger partial charge in [-0.2, -0.15) is 0 Å². The largest absolute Gasteiger partial charge is 0.496 e. The molecular formula is C25H31N5O4. The van der Waals surface area contributed by atoms with Gasteiger partial charge in [0.2, 0.25) is 11.8 Å². The topological polar surface area (TPSA) is 98.6 Å². The SMILES string of the molecule is COc1cc(C)c(CC(=O)N(C)NC(=O)c2ccc(-n3cnc(C)c3)c(OC)n2)cc1C(C)C. The Bertz CT molecular complexity index is 1200. The monoisotopic (exact) mass is 465 g/mol. The summed E-state index contributed by atoms with van der Waals surface area (Å²) in [4.78, 5) is 34.1. The van der Waals surface area contributed by atoms with Crippen LogP contribution in [0.2, 0.25) is 0 Å². The number of ether oxygens (including phenoxy) is 2. The quantitative estimate of drug-likeness (QED) is 0.537. The molecular weight excluding hydrogens is 434 g/mol. The van der Waals surface area contributed by atoms with Gasteiger partial charge in [-0.25, -0.2) is 9.97 Å². The first-order chi connectivity index (χ1) is 16.1. The van der Waals surface area contributed by atoms with E-state index in [1.807, 2.05) is 32.2 Å². The van der Waals surface area contributed by atoms with Crippen molar-refractivity contribution in [3.63, 3.8) is 0 Å². The van der Waals surface area contributed by atoms with Gasteiger partial charge in [-0.1, -0.05) is 19.9 Å². The number of hydrogen-bond donors (Lipinski definition) is 1. The number of amides is 2. The second-order valence-corrected chi connectivity index (χ2v) is 8.39. The normalized spacial score (nSPS) is 10.8. The molecule has 2 aromatic heterocycles. The minimum absolute atomic E-state index is 0.125. The summed E-state index contributed by atoms with van der Waals surface area (Å²) < 4.78 is 12.6. The van der Waals surface area contributed by atoms with Crippen LogP contribution in [0.15, 0.2) is 36.8 Å². The summed E-state index contributed by atoms with van der Waals surface area (Å²) in [5.41, 5.74) is 7.08. The molecule has 1 aromatic carbocycles. The van der Waals surface area contributed by atoms with Crippen LogP contribution in [-0.2, 0) is 11.2 Å². The van der Waals surface area contributed by atoms with Crippen molar-refractivity contribution in [1.82, 2.24) is 25.0 Å². The summed E-state index contributed by atoms with van der Waals surface area (Å²) in [6.07, 6.45) is 3.62. The zero-order chi connectivity index (χ0) is 25.0. The molecule has 2 amide bonds. The Kier molecular flexibility index (Phi) is 7.55. The molecule has 0 bridgehead atoms. The Morgan fingerprint density at radius 1 is 1.15 bits per heavy atom. The molecule has 0 radical (unpaired) electrons. The van der Waals surface area contributed by atoms with Crippen molar-refractivity contribution >= 4 is 11.8 Å². The molecule has 34 heavy (non-hydrogen) atoms. The predicted molar refractivity (Wildman–Crippen MR) is 128 cm³/mol. The average molecular weight is 466 g/mol. The number of aromatic nitrogens is 3. The van der Waals surface area contributed by atoms with E-state index in [-0.39, 0.29) is 29.8 Å². The summed E-state index contributed by atoms with van der Waals surface area (Å²) in [5, 5.41) is 1.18. The van der Waals surface area contributed by atoms with Crippen LogP contribution in [0.3, 0.4) is 0 Å². The molecule has 0 fully saturated rings. The second-order valence-electron chi connectivity index (χ2n) is 8.39. The summed E-state index contributed by atoms with van der Waals surface area (Å²) in [6, 6.07) is 7.23. The van der Waals surface area contributed by atoms with Gasteiger partial charge in [0.1, 0.15) is 17.1 Å². The molecule has 9 heteroatoms. The van der Waals surface area contributed by atoms with Crippen LogP contribution in [0.4, 0.5) is 0 Å². The maximum atomic E-state index is 12.9. The van der Waals surface area contributed by atoms with Gasteiger partial charge in [0.15, 0.2) is 0 Å². The Labute approximate surface area is 199 Å². The van der Waals surface area contributed by atoms with E-state index < -0.39 is 5.91 Å². The van der Waals surface area contributed by atoms with E-state index >= 15 is 0 Å². The Balaban J connectivity index is 1.73. The van der Waals surface area contributed by atoms with Gasteiger partial charge in [-0.05, 0) is 54.7 Å². The molecule has 0 saturated carbocycles. The van der Waals surface area contributed by atoms with Gasteiger partial charge < -0.3 is 14.0 Å². The lowest BCUT2D eigenvalue weighted by molar-refractivity contribution is -0.131. The molecule has 0 saturated heterocycles. The number of carbonyl (C=O) groups is 2. The van der Waals surface area contributed by atoms with Gasteiger partial charge >= 0.3 is 0 Å². The van der Waals surface area contributed by atoms with E-state index in [4.69, 9.17) is 9.47 Å². The van der Waals surface area contributed by atoms with Gasteiger partial charge in [0.25, 0.3) is 5.91 Å². The predicted octanol–water partition coefficient (Wildman–Crippen LogP) is 3.37. The molecule has 0 aliphatic heterocycles. The Hall–Kier alpha value is -3.88. The summed E-state index contributed by atoms with van der Waals surface area (Å²) in [7, 11) is 4.64. The Morgan fingerprint density at radius 3 is 2.47 bits per heavy atom. The third kappa shape index (κ3) is 5.36. The number of likely N-dealkylation sites (N-methyl/N-ethyl adjacent to an activating group) is 1. The number of pyridine rings is 1. The van der Waals surface area contributed by atoms with Crippen LogP contribution in [-0.4, -0.2) is 52.6 Å². The van der Waals surface area contributed by atoms with Crippen molar-refractivity contribution in [2.24, 2.45) is 0 Å². The zero-order valence-electron chi connectivity index (χ0n) is 20.7. The molecule has 180 valence electrons. The first-order valence-electron chi connectivity index (χ1n) is 11.0. The van der Waals surface area contributed by atoms with Gasteiger partial charge in [0, 0.05) is 13.2 Å². The second kappa shape index (κ2) is 10.4. The number of imidazole rings is 1. The fraction of sp³-hybridized carbons (Fsp3) is 0.360. The van der Waals surface area contributed by atoms with Crippen molar-refractivity contribution in [3.05, 3.63) is 64.9 Å². The Morgan fingerprint density at radius 2 is 1.88 bits per heavy atom. The number of aryl methyl sites for hydroxylation is 2. The van der Waals surface area contributed by atoms with Crippen LogP contribution in [0.5, 0.6) is 11.6 Å². The van der Waals surface area contributed by atoms with Gasteiger partial charge in [0.05, 0.1) is 32.7 Å². The highest BCUT2D eigenvalue weighted by Crippen LogP contribution is 2.30. The van der Waals surface area contributed by atoms with Crippen molar-refractivity contribution < 1.29 is 19.1 Å². The fourth-order valence-corrected chi connectivity index (χ4v) is 3.58. The summed E-state index contributed by atoms with van der Waals surface area (Å²) >= 11 is 0. The smallest absolute Gasteiger partial charge is 0.288 e. The molecule has 0 atom stereocenters. The molecule has 2 heterocycles. The highest BCUT2D eigenvalue weighted by atomic mass is 16.5. The number of nitrogens with zero attached hydrogens (tertiary/aromatic N) is 4. The van der Waals surface area contributed by atoms with Crippen molar-refractivity contribution in [2.45, 2.75) is 40.0 Å². The maximum Gasteiger partial charge on any atom is 0.288 e. The van der Waals surface area contributed by atoms with Crippen molar-refractivity contribution in [2.75, 3.05) is 21.3 Å². The standard InChI is InChI=1S/C25H31N5O4/c1-15(2)19-11-18(16(3)10-22(19)33-6)12-23(31)29(5)28-24(32)20-8-9-21(25(27-20)34-7)30-13-17(4)26-14-30/h8-11,13-15H,12H2,1-7H3,(H,28,32). The number of hydrazine groups is 1. The van der Waals surface area contributed by atoms with Gasteiger partial charge in [-0.15, -0.1) is 0 Å². The fourth-order valence-electron chi connectivity index (χ4n) is 3.58. The van der Waals surface area contributed by atoms with Crippen molar-refractivity contribution in [3.8, 4) is 17.3 Å². The van der Waals surface area contributed by atoms with Crippen LogP contribution in [0.1, 0.15) is 52.6 Å². The number of nitrogens with one attached hydrogen (secondary N) is 1. The first kappa shape index (κ1) is 24.8. The van der Waals surface area contributed by atoms with E-state index in [0.29, 0.717) is 5.69 Å². The number of hydrogen-bond acceptors (Lipinski definition) is 6. The van der Waals surface area contributed by atoms with Crippen molar-refractivity contribution in [1.29, 1.82) is 0 Å². The minimum Gasteiger partial charge on any atom is -0.496 e. The molecule has 1 N–H and O–H groups in total. The number of benzene rings is 1. The first-order valence-corrected chi connectivity index (χ1v) is 11.0. The zero-order valence-corrected chi connectivity index (χ0v) is 20.7. The van der Waals surface area contributed by atoms with Crippen LogP contribution >= 0.6 is 0 Å².